The summed E-state index contributed by atoms with van der Waals surface area (Å²) >= 11 is 0. The summed E-state index contributed by atoms with van der Waals surface area (Å²) in [6, 6.07) is 14.4. The molecule has 2 amide bonds. The molecule has 0 heterocycles. The van der Waals surface area contributed by atoms with Gasteiger partial charge in [0, 0.05) is 36.1 Å². The lowest BCUT2D eigenvalue weighted by molar-refractivity contribution is -0.114. The number of hydrogen-bond acceptors (Lipinski definition) is 4. The first-order valence-corrected chi connectivity index (χ1v) is 9.23. The molecule has 0 bridgehead atoms. The molecule has 6 heteroatoms. The fourth-order valence-corrected chi connectivity index (χ4v) is 2.64. The number of ether oxygens (including phenoxy) is 1. The van der Waals surface area contributed by atoms with Gasteiger partial charge in [-0.05, 0) is 57.2 Å². The van der Waals surface area contributed by atoms with Gasteiger partial charge in [0.2, 0.25) is 5.91 Å². The largest absolute Gasteiger partial charge is 0.494 e. The summed E-state index contributed by atoms with van der Waals surface area (Å²) < 4.78 is 5.42. The molecule has 2 aromatic carbocycles. The third-order valence-electron chi connectivity index (χ3n) is 4.06. The van der Waals surface area contributed by atoms with E-state index in [0.717, 1.165) is 11.4 Å². The molecule has 0 saturated carbocycles. The van der Waals surface area contributed by atoms with E-state index in [2.05, 4.69) is 10.6 Å². The Hall–Kier alpha value is -3.02. The van der Waals surface area contributed by atoms with Gasteiger partial charge in [-0.25, -0.2) is 0 Å². The van der Waals surface area contributed by atoms with E-state index in [1.54, 1.807) is 35.2 Å². The second kappa shape index (κ2) is 10.2. The summed E-state index contributed by atoms with van der Waals surface area (Å²) in [5.41, 5.74) is 2.11. The van der Waals surface area contributed by atoms with E-state index in [4.69, 9.17) is 4.74 Å². The van der Waals surface area contributed by atoms with Crippen LogP contribution < -0.4 is 15.4 Å². The molecule has 2 rings (SSSR count). The molecular weight excluding hydrogens is 342 g/mol. The number of rotatable bonds is 9. The van der Waals surface area contributed by atoms with Gasteiger partial charge in [-0.2, -0.15) is 0 Å². The third kappa shape index (κ3) is 6.02. The molecule has 6 nitrogen and oxygen atoms in total. The van der Waals surface area contributed by atoms with Crippen molar-refractivity contribution < 1.29 is 14.3 Å². The minimum Gasteiger partial charge on any atom is -0.494 e. The van der Waals surface area contributed by atoms with Gasteiger partial charge in [-0.3, -0.25) is 9.59 Å². The Morgan fingerprint density at radius 1 is 0.963 bits per heavy atom. The molecule has 27 heavy (non-hydrogen) atoms. The Morgan fingerprint density at radius 2 is 1.67 bits per heavy atom. The van der Waals surface area contributed by atoms with E-state index in [-0.39, 0.29) is 18.4 Å². The van der Waals surface area contributed by atoms with Crippen LogP contribution in [0.3, 0.4) is 0 Å². The number of carbonyl (C=O) groups is 2. The van der Waals surface area contributed by atoms with Gasteiger partial charge in [-0.1, -0.05) is 6.07 Å². The quantitative estimate of drug-likeness (QED) is 0.708. The molecule has 0 fully saturated rings. The molecule has 0 radical (unpaired) electrons. The fraction of sp³-hybridized carbons (Fsp3) is 0.333. The Morgan fingerprint density at radius 3 is 2.30 bits per heavy atom. The Balaban J connectivity index is 1.88. The van der Waals surface area contributed by atoms with Crippen molar-refractivity contribution in [2.45, 2.75) is 20.8 Å². The number of hydrogen-bond donors (Lipinski definition) is 2. The summed E-state index contributed by atoms with van der Waals surface area (Å²) in [4.78, 5) is 26.2. The van der Waals surface area contributed by atoms with Gasteiger partial charge in [-0.15, -0.1) is 0 Å². The highest BCUT2D eigenvalue weighted by Crippen LogP contribution is 2.17. The van der Waals surface area contributed by atoms with E-state index in [1.165, 1.54) is 0 Å². The molecule has 0 aliphatic carbocycles. The molecule has 0 aromatic heterocycles. The first-order chi connectivity index (χ1) is 13.1. The van der Waals surface area contributed by atoms with Crippen molar-refractivity contribution in [2.24, 2.45) is 0 Å². The van der Waals surface area contributed by atoms with Crippen LogP contribution in [0.15, 0.2) is 48.5 Å². The first kappa shape index (κ1) is 20.3. The number of nitrogens with one attached hydrogen (secondary N) is 2. The Labute approximate surface area is 160 Å². The number of nitrogens with zero attached hydrogens (tertiary/aromatic N) is 1. The van der Waals surface area contributed by atoms with E-state index >= 15 is 0 Å². The molecule has 0 aliphatic rings. The maximum atomic E-state index is 12.3. The minimum absolute atomic E-state index is 0.0125. The van der Waals surface area contributed by atoms with Crippen LogP contribution >= 0.6 is 0 Å². The van der Waals surface area contributed by atoms with Crippen molar-refractivity contribution in [1.82, 2.24) is 4.90 Å². The van der Waals surface area contributed by atoms with Crippen molar-refractivity contribution >= 4 is 23.2 Å². The third-order valence-corrected chi connectivity index (χ3v) is 4.06. The Bertz CT molecular complexity index is 756. The van der Waals surface area contributed by atoms with Crippen LogP contribution in [0.2, 0.25) is 0 Å². The van der Waals surface area contributed by atoms with Crippen LogP contribution in [0.4, 0.5) is 11.4 Å². The highest BCUT2D eigenvalue weighted by molar-refractivity contribution is 5.95. The molecule has 2 aromatic rings. The Kier molecular flexibility index (Phi) is 7.67. The molecule has 144 valence electrons. The SMILES string of the molecule is CCOc1cccc(NC(=O)CNc2ccc(C(=O)N(CC)CC)cc2)c1. The smallest absolute Gasteiger partial charge is 0.253 e. The zero-order chi connectivity index (χ0) is 19.6. The molecule has 0 atom stereocenters. The summed E-state index contributed by atoms with van der Waals surface area (Å²) in [6.45, 7) is 7.89. The summed E-state index contributed by atoms with van der Waals surface area (Å²) in [5.74, 6) is 0.571. The van der Waals surface area contributed by atoms with Crippen LogP contribution in [-0.2, 0) is 4.79 Å². The summed E-state index contributed by atoms with van der Waals surface area (Å²) in [7, 11) is 0. The number of anilines is 2. The van der Waals surface area contributed by atoms with Gasteiger partial charge >= 0.3 is 0 Å². The second-order valence-corrected chi connectivity index (χ2v) is 5.92. The van der Waals surface area contributed by atoms with E-state index in [1.807, 2.05) is 39.0 Å². The van der Waals surface area contributed by atoms with Crippen molar-refractivity contribution in [3.05, 3.63) is 54.1 Å². The standard InChI is InChI=1S/C21H27N3O3/c1-4-24(5-2)21(26)16-10-12-17(13-11-16)22-15-20(25)23-18-8-7-9-19(14-18)27-6-3/h7-14,22H,4-6,15H2,1-3H3,(H,23,25). The minimum atomic E-state index is -0.160. The average molecular weight is 369 g/mol. The lowest BCUT2D eigenvalue weighted by atomic mass is 10.1. The lowest BCUT2D eigenvalue weighted by Crippen LogP contribution is -2.30. The molecule has 0 aliphatic heterocycles. The molecule has 0 saturated heterocycles. The molecule has 2 N–H and O–H groups in total. The van der Waals surface area contributed by atoms with Crippen molar-refractivity contribution in [1.29, 1.82) is 0 Å². The highest BCUT2D eigenvalue weighted by atomic mass is 16.5. The normalized spacial score (nSPS) is 10.2. The first-order valence-electron chi connectivity index (χ1n) is 9.23. The van der Waals surface area contributed by atoms with Gasteiger partial charge < -0.3 is 20.3 Å². The van der Waals surface area contributed by atoms with Crippen LogP contribution in [-0.4, -0.2) is 43.0 Å². The fourth-order valence-electron chi connectivity index (χ4n) is 2.64. The van der Waals surface area contributed by atoms with E-state index in [9.17, 15) is 9.59 Å². The predicted molar refractivity (Wildman–Crippen MR) is 108 cm³/mol. The van der Waals surface area contributed by atoms with Crippen molar-refractivity contribution in [3.8, 4) is 5.75 Å². The van der Waals surface area contributed by atoms with E-state index < -0.39 is 0 Å². The number of carbonyl (C=O) groups excluding carboxylic acids is 2. The van der Waals surface area contributed by atoms with Crippen molar-refractivity contribution in [2.75, 3.05) is 36.9 Å². The summed E-state index contributed by atoms with van der Waals surface area (Å²) in [6.07, 6.45) is 0. The van der Waals surface area contributed by atoms with Crippen LogP contribution in [0.25, 0.3) is 0 Å². The van der Waals surface area contributed by atoms with Crippen LogP contribution in [0, 0.1) is 0 Å². The van der Waals surface area contributed by atoms with E-state index in [0.29, 0.717) is 30.9 Å². The maximum Gasteiger partial charge on any atom is 0.253 e. The van der Waals surface area contributed by atoms with Crippen LogP contribution in [0.5, 0.6) is 5.75 Å². The number of amides is 2. The second-order valence-electron chi connectivity index (χ2n) is 5.92. The van der Waals surface area contributed by atoms with Gasteiger partial charge in [0.1, 0.15) is 5.75 Å². The summed E-state index contributed by atoms with van der Waals surface area (Å²) in [5, 5.41) is 5.89. The van der Waals surface area contributed by atoms with Gasteiger partial charge in [0.15, 0.2) is 0 Å². The van der Waals surface area contributed by atoms with Gasteiger partial charge in [0.25, 0.3) is 5.91 Å². The lowest BCUT2D eigenvalue weighted by Gasteiger charge is -2.18. The molecular formula is C21H27N3O3. The zero-order valence-corrected chi connectivity index (χ0v) is 16.1. The predicted octanol–water partition coefficient (Wildman–Crippen LogP) is 3.62. The number of benzene rings is 2. The molecule has 0 spiro atoms. The van der Waals surface area contributed by atoms with Crippen LogP contribution in [0.1, 0.15) is 31.1 Å². The molecule has 0 unspecified atom stereocenters. The van der Waals surface area contributed by atoms with Crippen molar-refractivity contribution in [3.63, 3.8) is 0 Å². The monoisotopic (exact) mass is 369 g/mol. The average Bonchev–Trinajstić information content (AvgIpc) is 2.68. The topological polar surface area (TPSA) is 70.7 Å². The zero-order valence-electron chi connectivity index (χ0n) is 16.1. The van der Waals surface area contributed by atoms with Gasteiger partial charge in [0.05, 0.1) is 13.2 Å². The highest BCUT2D eigenvalue weighted by Gasteiger charge is 2.12. The maximum absolute atomic E-state index is 12.3.